The van der Waals surface area contributed by atoms with Gasteiger partial charge in [0.15, 0.2) is 0 Å². The maximum Gasteiger partial charge on any atom is 0.246 e. The summed E-state index contributed by atoms with van der Waals surface area (Å²) in [6.45, 7) is 0.673. The number of carbonyl (C=O) groups excluding carboxylic acids is 2. The average Bonchev–Trinajstić information content (AvgIpc) is 3.00. The van der Waals surface area contributed by atoms with Crippen molar-refractivity contribution in [1.29, 1.82) is 0 Å². The van der Waals surface area contributed by atoms with Crippen LogP contribution in [0.1, 0.15) is 54.8 Å². The number of hydrogen-bond acceptors (Lipinski definition) is 3. The summed E-state index contributed by atoms with van der Waals surface area (Å²) >= 11 is 0. The molecule has 5 rings (SSSR count). The summed E-state index contributed by atoms with van der Waals surface area (Å²) in [6, 6.07) is 22.9. The van der Waals surface area contributed by atoms with Gasteiger partial charge in [-0.1, -0.05) is 86.0 Å². The van der Waals surface area contributed by atoms with E-state index in [4.69, 9.17) is 4.74 Å². The highest BCUT2D eigenvalue weighted by molar-refractivity contribution is 5.89. The van der Waals surface area contributed by atoms with Crippen molar-refractivity contribution < 1.29 is 18.7 Å². The predicted octanol–water partition coefficient (Wildman–Crippen LogP) is 6.49. The summed E-state index contributed by atoms with van der Waals surface area (Å²) in [4.78, 5) is 32.3. The van der Waals surface area contributed by atoms with Gasteiger partial charge in [0.1, 0.15) is 17.6 Å². The fourth-order valence-electron chi connectivity index (χ4n) is 5.91. The molecule has 2 amide bonds. The molecular weight excluding hydrogens is 503 g/mol. The molecule has 1 fully saturated rings. The van der Waals surface area contributed by atoms with E-state index in [1.807, 2.05) is 76.5 Å². The minimum absolute atomic E-state index is 0.0458. The SMILES string of the molecule is COc1ccc([C@H]2/C=C\CN(C(=O)C3CCCCC3)[C@@H](Cc3ccccc3)C(=O)N2Cc2ccc(F)cc2)cc1. The lowest BCUT2D eigenvalue weighted by atomic mass is 9.87. The van der Waals surface area contributed by atoms with E-state index in [1.54, 1.807) is 19.2 Å². The zero-order chi connectivity index (χ0) is 27.9. The van der Waals surface area contributed by atoms with Crippen molar-refractivity contribution in [2.75, 3.05) is 13.7 Å². The molecule has 3 aromatic rings. The van der Waals surface area contributed by atoms with Crippen LogP contribution in [0.2, 0.25) is 0 Å². The predicted molar refractivity (Wildman–Crippen MR) is 154 cm³/mol. The Labute approximate surface area is 236 Å². The zero-order valence-electron chi connectivity index (χ0n) is 23.0. The Morgan fingerprint density at radius 3 is 2.27 bits per heavy atom. The van der Waals surface area contributed by atoms with Gasteiger partial charge < -0.3 is 14.5 Å². The molecule has 0 aromatic heterocycles. The molecule has 1 saturated carbocycles. The third-order valence-corrected chi connectivity index (χ3v) is 8.13. The van der Waals surface area contributed by atoms with E-state index in [9.17, 15) is 14.0 Å². The van der Waals surface area contributed by atoms with E-state index >= 15 is 0 Å². The van der Waals surface area contributed by atoms with Crippen molar-refractivity contribution in [2.45, 2.75) is 57.2 Å². The van der Waals surface area contributed by atoms with Crippen molar-refractivity contribution in [1.82, 2.24) is 9.80 Å². The van der Waals surface area contributed by atoms with Crippen LogP contribution in [0.4, 0.5) is 4.39 Å². The lowest BCUT2D eigenvalue weighted by molar-refractivity contribution is -0.150. The highest BCUT2D eigenvalue weighted by Crippen LogP contribution is 2.32. The number of rotatable bonds is 7. The molecule has 3 aromatic carbocycles. The molecule has 1 aliphatic carbocycles. The zero-order valence-corrected chi connectivity index (χ0v) is 23.0. The molecule has 2 aliphatic rings. The second-order valence-corrected chi connectivity index (χ2v) is 10.8. The van der Waals surface area contributed by atoms with E-state index < -0.39 is 6.04 Å². The molecule has 0 N–H and O–H groups in total. The number of methoxy groups -OCH3 is 1. The molecule has 0 unspecified atom stereocenters. The highest BCUT2D eigenvalue weighted by Gasteiger charge is 2.39. The molecule has 0 radical (unpaired) electrons. The van der Waals surface area contributed by atoms with Crippen LogP contribution in [0.3, 0.4) is 0 Å². The van der Waals surface area contributed by atoms with Gasteiger partial charge in [0.05, 0.1) is 13.2 Å². The standard InChI is InChI=1S/C34H37FN2O3/c1-40-30-20-16-27(17-21-30)31-13-8-22-36(33(38)28-11-6-3-7-12-28)32(23-25-9-4-2-5-10-25)34(39)37(31)24-26-14-18-29(35)19-15-26/h2,4-5,8-10,13-21,28,31-32H,3,6-7,11-12,22-24H2,1H3/b13-8-/t31-,32+/m1/s1. The number of benzene rings is 3. The van der Waals surface area contributed by atoms with Gasteiger partial charge in [-0.25, -0.2) is 4.39 Å². The van der Waals surface area contributed by atoms with Crippen molar-refractivity contribution in [3.05, 3.63) is 114 Å². The molecule has 0 spiro atoms. The summed E-state index contributed by atoms with van der Waals surface area (Å²) < 4.78 is 19.1. The topological polar surface area (TPSA) is 49.9 Å². The number of amides is 2. The fourth-order valence-corrected chi connectivity index (χ4v) is 5.91. The van der Waals surface area contributed by atoms with E-state index in [1.165, 1.54) is 12.1 Å². The van der Waals surface area contributed by atoms with Gasteiger partial charge in [-0.05, 0) is 53.8 Å². The Morgan fingerprint density at radius 1 is 0.900 bits per heavy atom. The van der Waals surface area contributed by atoms with Gasteiger partial charge in [0.25, 0.3) is 0 Å². The van der Waals surface area contributed by atoms with Gasteiger partial charge in [-0.2, -0.15) is 0 Å². The van der Waals surface area contributed by atoms with Crippen LogP contribution >= 0.6 is 0 Å². The van der Waals surface area contributed by atoms with Crippen LogP contribution in [-0.2, 0) is 22.6 Å². The summed E-state index contributed by atoms with van der Waals surface area (Å²) in [5.41, 5.74) is 2.78. The van der Waals surface area contributed by atoms with E-state index in [0.29, 0.717) is 13.0 Å². The summed E-state index contributed by atoms with van der Waals surface area (Å²) in [6.07, 6.45) is 9.48. The van der Waals surface area contributed by atoms with Crippen LogP contribution < -0.4 is 4.74 Å². The fraction of sp³-hybridized carbons (Fsp3) is 0.353. The van der Waals surface area contributed by atoms with Gasteiger partial charge in [-0.3, -0.25) is 9.59 Å². The van der Waals surface area contributed by atoms with Crippen LogP contribution in [0.25, 0.3) is 0 Å². The van der Waals surface area contributed by atoms with E-state index in [2.05, 4.69) is 0 Å². The van der Waals surface area contributed by atoms with Gasteiger partial charge in [0, 0.05) is 25.4 Å². The second-order valence-electron chi connectivity index (χ2n) is 10.8. The Kier molecular flexibility index (Phi) is 8.94. The molecule has 0 saturated heterocycles. The third kappa shape index (κ3) is 6.44. The first-order valence-corrected chi connectivity index (χ1v) is 14.2. The van der Waals surface area contributed by atoms with Crippen molar-refractivity contribution >= 4 is 11.8 Å². The molecule has 40 heavy (non-hydrogen) atoms. The molecule has 2 atom stereocenters. The Bertz CT molecular complexity index is 1300. The van der Waals surface area contributed by atoms with Crippen molar-refractivity contribution in [3.8, 4) is 5.75 Å². The quantitative estimate of drug-likeness (QED) is 0.322. The van der Waals surface area contributed by atoms with Crippen LogP contribution in [-0.4, -0.2) is 41.3 Å². The Balaban J connectivity index is 1.56. The highest BCUT2D eigenvalue weighted by atomic mass is 19.1. The minimum Gasteiger partial charge on any atom is -0.497 e. The van der Waals surface area contributed by atoms with Crippen LogP contribution in [0.15, 0.2) is 91.0 Å². The van der Waals surface area contributed by atoms with Crippen LogP contribution in [0.5, 0.6) is 5.75 Å². The number of hydrogen-bond donors (Lipinski definition) is 0. The van der Waals surface area contributed by atoms with Crippen LogP contribution in [0, 0.1) is 11.7 Å². The van der Waals surface area contributed by atoms with Gasteiger partial charge in [-0.15, -0.1) is 0 Å². The molecule has 208 valence electrons. The van der Waals surface area contributed by atoms with E-state index in [-0.39, 0.29) is 36.1 Å². The Hall–Kier alpha value is -3.93. The molecule has 1 heterocycles. The first-order chi connectivity index (χ1) is 19.5. The first-order valence-electron chi connectivity index (χ1n) is 14.2. The largest absolute Gasteiger partial charge is 0.497 e. The lowest BCUT2D eigenvalue weighted by Gasteiger charge is -2.41. The summed E-state index contributed by atoms with van der Waals surface area (Å²) in [7, 11) is 1.63. The van der Waals surface area contributed by atoms with Gasteiger partial charge >= 0.3 is 0 Å². The summed E-state index contributed by atoms with van der Waals surface area (Å²) in [5.74, 6) is 0.336. The maximum atomic E-state index is 14.7. The number of carbonyl (C=O) groups is 2. The smallest absolute Gasteiger partial charge is 0.246 e. The molecular formula is C34H37FN2O3. The normalized spacial score (nSPS) is 21.0. The molecule has 5 nitrogen and oxygen atoms in total. The lowest BCUT2D eigenvalue weighted by Crippen LogP contribution is -2.55. The molecule has 0 bridgehead atoms. The minimum atomic E-state index is -0.650. The summed E-state index contributed by atoms with van der Waals surface area (Å²) in [5, 5.41) is 0. The maximum absolute atomic E-state index is 14.7. The number of nitrogens with zero attached hydrogens (tertiary/aromatic N) is 2. The molecule has 1 aliphatic heterocycles. The number of ether oxygens (including phenoxy) is 1. The first kappa shape index (κ1) is 27.6. The second kappa shape index (κ2) is 12.9. The number of halogens is 1. The monoisotopic (exact) mass is 540 g/mol. The Morgan fingerprint density at radius 2 is 1.60 bits per heavy atom. The van der Waals surface area contributed by atoms with Crippen molar-refractivity contribution in [3.63, 3.8) is 0 Å². The average molecular weight is 541 g/mol. The van der Waals surface area contributed by atoms with Gasteiger partial charge in [0.2, 0.25) is 11.8 Å². The van der Waals surface area contributed by atoms with Crippen molar-refractivity contribution in [2.24, 2.45) is 5.92 Å². The third-order valence-electron chi connectivity index (χ3n) is 8.13. The van der Waals surface area contributed by atoms with E-state index in [0.717, 1.165) is 54.5 Å². The molecule has 6 heteroatoms.